The first-order valence-corrected chi connectivity index (χ1v) is 8.81. The Balaban J connectivity index is 1.43. The standard InChI is InChI=1S/C20H21FN4O2/c21-17-6-7-19(16(14-17)15-22)23-20(26)25-10-8-24(9-11-25)12-13-27-18-4-2-1-3-5-18/h1-7,14H,8-13H2,(H,23,26). The first-order chi connectivity index (χ1) is 13.2. The molecular formula is C20H21FN4O2. The Morgan fingerprint density at radius 1 is 1.15 bits per heavy atom. The average molecular weight is 368 g/mol. The van der Waals surface area contributed by atoms with Crippen molar-refractivity contribution in [2.24, 2.45) is 0 Å². The third-order valence-electron chi connectivity index (χ3n) is 4.42. The molecule has 1 aliphatic rings. The lowest BCUT2D eigenvalue weighted by Gasteiger charge is -2.34. The maximum atomic E-state index is 13.2. The van der Waals surface area contributed by atoms with Crippen molar-refractivity contribution in [3.8, 4) is 11.8 Å². The van der Waals surface area contributed by atoms with Crippen LogP contribution < -0.4 is 10.1 Å². The van der Waals surface area contributed by atoms with Crippen LogP contribution in [0.4, 0.5) is 14.9 Å². The largest absolute Gasteiger partial charge is 0.492 e. The zero-order valence-electron chi connectivity index (χ0n) is 14.9. The van der Waals surface area contributed by atoms with Gasteiger partial charge in [-0.2, -0.15) is 5.26 Å². The summed E-state index contributed by atoms with van der Waals surface area (Å²) in [4.78, 5) is 16.3. The number of hydrogen-bond donors (Lipinski definition) is 1. The Morgan fingerprint density at radius 2 is 1.89 bits per heavy atom. The molecule has 0 bridgehead atoms. The number of nitrogens with zero attached hydrogens (tertiary/aromatic N) is 3. The molecule has 7 heteroatoms. The minimum Gasteiger partial charge on any atom is -0.492 e. The zero-order chi connectivity index (χ0) is 19.1. The first kappa shape index (κ1) is 18.7. The Bertz CT molecular complexity index is 814. The topological polar surface area (TPSA) is 68.6 Å². The maximum Gasteiger partial charge on any atom is 0.321 e. The molecule has 140 valence electrons. The number of amides is 2. The minimum atomic E-state index is -0.504. The van der Waals surface area contributed by atoms with Crippen molar-refractivity contribution in [1.29, 1.82) is 5.26 Å². The number of carbonyl (C=O) groups is 1. The molecule has 6 nitrogen and oxygen atoms in total. The number of nitrogens with one attached hydrogen (secondary N) is 1. The number of anilines is 1. The highest BCUT2D eigenvalue weighted by Gasteiger charge is 2.21. The fourth-order valence-electron chi connectivity index (χ4n) is 2.90. The van der Waals surface area contributed by atoms with Gasteiger partial charge in [-0.3, -0.25) is 4.90 Å². The second-order valence-electron chi connectivity index (χ2n) is 6.22. The predicted octanol–water partition coefficient (Wildman–Crippen LogP) is 2.93. The third kappa shape index (κ3) is 5.19. The molecule has 0 atom stereocenters. The van der Waals surface area contributed by atoms with Gasteiger partial charge in [-0.1, -0.05) is 18.2 Å². The van der Waals surface area contributed by atoms with Crippen LogP contribution in [0.3, 0.4) is 0 Å². The van der Waals surface area contributed by atoms with E-state index in [0.717, 1.165) is 31.5 Å². The molecule has 2 aromatic rings. The molecule has 1 fully saturated rings. The van der Waals surface area contributed by atoms with Gasteiger partial charge in [0.1, 0.15) is 24.2 Å². The summed E-state index contributed by atoms with van der Waals surface area (Å²) in [5.41, 5.74) is 0.433. The number of nitriles is 1. The number of urea groups is 1. The minimum absolute atomic E-state index is 0.111. The van der Waals surface area contributed by atoms with Crippen LogP contribution in [-0.4, -0.2) is 55.2 Å². The fraction of sp³-hybridized carbons (Fsp3) is 0.300. The second kappa shape index (κ2) is 9.01. The van der Waals surface area contributed by atoms with Crippen molar-refractivity contribution in [3.05, 3.63) is 59.9 Å². The molecule has 27 heavy (non-hydrogen) atoms. The summed E-state index contributed by atoms with van der Waals surface area (Å²) < 4.78 is 18.9. The van der Waals surface area contributed by atoms with E-state index in [9.17, 15) is 9.18 Å². The maximum absolute atomic E-state index is 13.2. The molecule has 2 amide bonds. The number of hydrogen-bond acceptors (Lipinski definition) is 4. The van der Waals surface area contributed by atoms with E-state index in [2.05, 4.69) is 10.2 Å². The number of rotatable bonds is 5. The molecule has 1 heterocycles. The van der Waals surface area contributed by atoms with Gasteiger partial charge >= 0.3 is 6.03 Å². The highest BCUT2D eigenvalue weighted by molar-refractivity contribution is 5.90. The van der Waals surface area contributed by atoms with E-state index in [-0.39, 0.29) is 11.6 Å². The molecule has 0 unspecified atom stereocenters. The van der Waals surface area contributed by atoms with Gasteiger partial charge in [0.25, 0.3) is 0 Å². The van der Waals surface area contributed by atoms with Gasteiger partial charge in [0.05, 0.1) is 11.3 Å². The van der Waals surface area contributed by atoms with Crippen LogP contribution in [0.2, 0.25) is 0 Å². The van der Waals surface area contributed by atoms with Gasteiger partial charge in [0.2, 0.25) is 0 Å². The SMILES string of the molecule is N#Cc1cc(F)ccc1NC(=O)N1CCN(CCOc2ccccc2)CC1. The van der Waals surface area contributed by atoms with Gasteiger partial charge in [0.15, 0.2) is 0 Å². The lowest BCUT2D eigenvalue weighted by molar-refractivity contribution is 0.132. The summed E-state index contributed by atoms with van der Waals surface area (Å²) in [6.07, 6.45) is 0. The second-order valence-corrected chi connectivity index (χ2v) is 6.22. The van der Waals surface area contributed by atoms with Crippen molar-refractivity contribution in [2.45, 2.75) is 0 Å². The molecule has 3 rings (SSSR count). The molecule has 1 saturated heterocycles. The number of ether oxygens (including phenoxy) is 1. The van der Waals surface area contributed by atoms with E-state index in [4.69, 9.17) is 10.00 Å². The predicted molar refractivity (Wildman–Crippen MR) is 100 cm³/mol. The fourth-order valence-corrected chi connectivity index (χ4v) is 2.90. The quantitative estimate of drug-likeness (QED) is 0.881. The van der Waals surface area contributed by atoms with E-state index in [1.165, 1.54) is 12.1 Å². The van der Waals surface area contributed by atoms with Crippen LogP contribution >= 0.6 is 0 Å². The van der Waals surface area contributed by atoms with E-state index in [1.54, 1.807) is 4.90 Å². The summed E-state index contributed by atoms with van der Waals surface area (Å²) in [6, 6.07) is 15.0. The van der Waals surface area contributed by atoms with E-state index < -0.39 is 5.82 Å². The van der Waals surface area contributed by atoms with Crippen molar-refractivity contribution < 1.29 is 13.9 Å². The van der Waals surface area contributed by atoms with Gasteiger partial charge in [-0.05, 0) is 30.3 Å². The normalized spacial score (nSPS) is 14.4. The van der Waals surface area contributed by atoms with E-state index in [1.807, 2.05) is 36.4 Å². The van der Waals surface area contributed by atoms with Crippen LogP contribution in [0, 0.1) is 17.1 Å². The third-order valence-corrected chi connectivity index (χ3v) is 4.42. The molecule has 0 radical (unpaired) electrons. The summed E-state index contributed by atoms with van der Waals surface area (Å²) >= 11 is 0. The molecule has 1 aliphatic heterocycles. The van der Waals surface area contributed by atoms with Crippen LogP contribution in [0.25, 0.3) is 0 Å². The monoisotopic (exact) mass is 368 g/mol. The number of carbonyl (C=O) groups excluding carboxylic acids is 1. The van der Waals surface area contributed by atoms with Gasteiger partial charge < -0.3 is 15.0 Å². The lowest BCUT2D eigenvalue weighted by atomic mass is 10.2. The Labute approximate surface area is 157 Å². The summed E-state index contributed by atoms with van der Waals surface area (Å²) in [5.74, 6) is 0.346. The Kier molecular flexibility index (Phi) is 6.23. The van der Waals surface area contributed by atoms with Crippen LogP contribution in [-0.2, 0) is 0 Å². The lowest BCUT2D eigenvalue weighted by Crippen LogP contribution is -2.50. The molecule has 0 aliphatic carbocycles. The van der Waals surface area contributed by atoms with Crippen LogP contribution in [0.1, 0.15) is 5.56 Å². The van der Waals surface area contributed by atoms with Crippen LogP contribution in [0.5, 0.6) is 5.75 Å². The molecule has 0 aromatic heterocycles. The smallest absolute Gasteiger partial charge is 0.321 e. The van der Waals surface area contributed by atoms with Crippen molar-refractivity contribution in [3.63, 3.8) is 0 Å². The summed E-state index contributed by atoms with van der Waals surface area (Å²) in [6.45, 7) is 4.05. The highest BCUT2D eigenvalue weighted by atomic mass is 19.1. The zero-order valence-corrected chi connectivity index (χ0v) is 14.9. The number of piperazine rings is 1. The van der Waals surface area contributed by atoms with Gasteiger partial charge in [-0.25, -0.2) is 9.18 Å². The van der Waals surface area contributed by atoms with Gasteiger partial charge in [0, 0.05) is 32.7 Å². The molecule has 0 spiro atoms. The average Bonchev–Trinajstić information content (AvgIpc) is 2.70. The van der Waals surface area contributed by atoms with Crippen LogP contribution in [0.15, 0.2) is 48.5 Å². The molecule has 1 N–H and O–H groups in total. The van der Waals surface area contributed by atoms with E-state index in [0.29, 0.717) is 25.4 Å². The number of para-hydroxylation sites is 1. The van der Waals surface area contributed by atoms with Gasteiger partial charge in [-0.15, -0.1) is 0 Å². The number of benzene rings is 2. The molecule has 2 aromatic carbocycles. The molecule has 0 saturated carbocycles. The number of halogens is 1. The first-order valence-electron chi connectivity index (χ1n) is 8.81. The highest BCUT2D eigenvalue weighted by Crippen LogP contribution is 2.17. The Hall–Kier alpha value is -3.11. The Morgan fingerprint density at radius 3 is 2.59 bits per heavy atom. The van der Waals surface area contributed by atoms with E-state index >= 15 is 0 Å². The summed E-state index contributed by atoms with van der Waals surface area (Å²) in [7, 11) is 0. The van der Waals surface area contributed by atoms with Crippen molar-refractivity contribution in [1.82, 2.24) is 9.80 Å². The molecular weight excluding hydrogens is 347 g/mol. The van der Waals surface area contributed by atoms with Crippen molar-refractivity contribution in [2.75, 3.05) is 44.6 Å². The van der Waals surface area contributed by atoms with Crippen molar-refractivity contribution >= 4 is 11.7 Å². The summed E-state index contributed by atoms with van der Waals surface area (Å²) in [5, 5.41) is 11.8.